The largest absolute Gasteiger partial charge is 0.473 e. The smallest absolute Gasteiger partial charge is 0.273 e. The molecule has 0 bridgehead atoms. The number of thiazole rings is 1. The number of ether oxygens (including phenoxy) is 1. The molecular weight excluding hydrogens is 198 g/mol. The second kappa shape index (κ2) is 3.21. The van der Waals surface area contributed by atoms with Crippen molar-refractivity contribution < 1.29 is 9.84 Å². The molecule has 2 rings (SSSR count). The maximum atomic E-state index is 10.3. The predicted octanol–water partition coefficient (Wildman–Crippen LogP) is 2.02. The Morgan fingerprint density at radius 3 is 2.79 bits per heavy atom. The molecule has 0 radical (unpaired) electrons. The Hall–Kier alpha value is -0.610. The van der Waals surface area contributed by atoms with Crippen LogP contribution in [0, 0.1) is 11.8 Å². The number of nitrogens with zero attached hydrogens (tertiary/aromatic N) is 1. The topological polar surface area (TPSA) is 42.4 Å². The Labute approximate surface area is 87.7 Å². The molecular formula is C10H15NO2S. The average molecular weight is 213 g/mol. The van der Waals surface area contributed by atoms with Gasteiger partial charge in [-0.2, -0.15) is 0 Å². The summed E-state index contributed by atoms with van der Waals surface area (Å²) in [7, 11) is 1.60. The van der Waals surface area contributed by atoms with Crippen molar-refractivity contribution in [1.82, 2.24) is 4.98 Å². The highest BCUT2D eigenvalue weighted by atomic mass is 32.1. The first-order chi connectivity index (χ1) is 6.58. The van der Waals surface area contributed by atoms with Crippen LogP contribution in [0.2, 0.25) is 0 Å². The highest BCUT2D eigenvalue weighted by Crippen LogP contribution is 2.52. The van der Waals surface area contributed by atoms with Gasteiger partial charge < -0.3 is 9.84 Å². The molecule has 0 amide bonds. The molecule has 78 valence electrons. The van der Waals surface area contributed by atoms with Gasteiger partial charge in [-0.15, -0.1) is 0 Å². The monoisotopic (exact) mass is 213 g/mol. The van der Waals surface area contributed by atoms with Crippen LogP contribution < -0.4 is 4.74 Å². The summed E-state index contributed by atoms with van der Waals surface area (Å²) in [5.74, 6) is 0.903. The fourth-order valence-corrected chi connectivity index (χ4v) is 2.97. The van der Waals surface area contributed by atoms with E-state index in [4.69, 9.17) is 4.74 Å². The van der Waals surface area contributed by atoms with Crippen molar-refractivity contribution in [1.29, 1.82) is 0 Å². The summed E-state index contributed by atoms with van der Waals surface area (Å²) in [5, 5.41) is 11.0. The normalized spacial score (nSPS) is 36.6. The van der Waals surface area contributed by atoms with E-state index in [9.17, 15) is 5.11 Å². The Kier molecular flexibility index (Phi) is 2.27. The average Bonchev–Trinajstić information content (AvgIpc) is 2.65. The molecule has 1 N–H and O–H groups in total. The molecule has 1 aromatic heterocycles. The molecule has 1 aliphatic rings. The minimum absolute atomic E-state index is 0.313. The summed E-state index contributed by atoms with van der Waals surface area (Å²) in [5.41, 5.74) is -0.659. The van der Waals surface area contributed by atoms with Gasteiger partial charge in [0, 0.05) is 6.20 Å². The summed E-state index contributed by atoms with van der Waals surface area (Å²) in [6.45, 7) is 4.25. The number of aromatic nitrogens is 1. The molecule has 0 aromatic carbocycles. The molecule has 3 nitrogen and oxygen atoms in total. The lowest BCUT2D eigenvalue weighted by Crippen LogP contribution is -2.48. The van der Waals surface area contributed by atoms with Crippen molar-refractivity contribution in [3.05, 3.63) is 11.1 Å². The highest BCUT2D eigenvalue weighted by molar-refractivity contribution is 7.13. The zero-order valence-electron chi connectivity index (χ0n) is 8.65. The van der Waals surface area contributed by atoms with Crippen LogP contribution in [0.3, 0.4) is 0 Å². The van der Waals surface area contributed by atoms with Gasteiger partial charge in [0.15, 0.2) is 0 Å². The first kappa shape index (κ1) is 9.93. The molecule has 4 heteroatoms. The van der Waals surface area contributed by atoms with Crippen molar-refractivity contribution >= 4 is 11.3 Å². The third-order valence-electron chi connectivity index (χ3n) is 3.33. The molecule has 14 heavy (non-hydrogen) atoms. The van der Waals surface area contributed by atoms with Crippen LogP contribution in [0.15, 0.2) is 6.20 Å². The van der Waals surface area contributed by atoms with E-state index in [0.29, 0.717) is 17.0 Å². The molecule has 1 aliphatic carbocycles. The lowest BCUT2D eigenvalue weighted by atomic mass is 9.62. The Morgan fingerprint density at radius 2 is 2.36 bits per heavy atom. The second-order valence-corrected chi connectivity index (χ2v) is 5.08. The third kappa shape index (κ3) is 1.25. The molecule has 3 atom stereocenters. The number of aliphatic hydroxyl groups is 1. The lowest BCUT2D eigenvalue weighted by molar-refractivity contribution is -0.129. The van der Waals surface area contributed by atoms with Gasteiger partial charge in [-0.05, 0) is 18.3 Å². The van der Waals surface area contributed by atoms with Crippen LogP contribution in [0.5, 0.6) is 5.19 Å². The zero-order valence-corrected chi connectivity index (χ0v) is 9.47. The Balaban J connectivity index is 2.23. The van der Waals surface area contributed by atoms with Gasteiger partial charge in [-0.3, -0.25) is 0 Å². The summed E-state index contributed by atoms with van der Waals surface area (Å²) in [4.78, 5) is 5.01. The number of hydrogen-bond donors (Lipinski definition) is 1. The van der Waals surface area contributed by atoms with Crippen LogP contribution in [0.4, 0.5) is 0 Å². The maximum absolute atomic E-state index is 10.3. The van der Waals surface area contributed by atoms with Crippen LogP contribution in [0.25, 0.3) is 0 Å². The first-order valence-electron chi connectivity index (χ1n) is 4.80. The van der Waals surface area contributed by atoms with Gasteiger partial charge >= 0.3 is 0 Å². The number of rotatable bonds is 2. The maximum Gasteiger partial charge on any atom is 0.273 e. The molecule has 3 unspecified atom stereocenters. The minimum atomic E-state index is -0.659. The minimum Gasteiger partial charge on any atom is -0.473 e. The van der Waals surface area contributed by atoms with E-state index in [0.717, 1.165) is 11.3 Å². The Bertz CT molecular complexity index is 339. The fraction of sp³-hybridized carbons (Fsp3) is 0.700. The quantitative estimate of drug-likeness (QED) is 0.817. The van der Waals surface area contributed by atoms with Crippen LogP contribution in [0.1, 0.15) is 25.1 Å². The van der Waals surface area contributed by atoms with Crippen LogP contribution in [-0.4, -0.2) is 17.2 Å². The molecule has 1 fully saturated rings. The second-order valence-electron chi connectivity index (χ2n) is 4.09. The molecule has 0 spiro atoms. The molecule has 1 heterocycles. The third-order valence-corrected chi connectivity index (χ3v) is 4.45. The van der Waals surface area contributed by atoms with E-state index in [2.05, 4.69) is 18.8 Å². The summed E-state index contributed by atoms with van der Waals surface area (Å²) >= 11 is 1.44. The van der Waals surface area contributed by atoms with Gasteiger partial charge in [0.1, 0.15) is 5.60 Å². The first-order valence-corrected chi connectivity index (χ1v) is 5.62. The lowest BCUT2D eigenvalue weighted by Gasteiger charge is -2.48. The molecule has 0 saturated heterocycles. The van der Waals surface area contributed by atoms with Crippen molar-refractivity contribution in [2.45, 2.75) is 25.9 Å². The fourth-order valence-electron chi connectivity index (χ4n) is 2.04. The van der Waals surface area contributed by atoms with Gasteiger partial charge in [0.2, 0.25) is 0 Å². The number of hydrogen-bond acceptors (Lipinski definition) is 4. The van der Waals surface area contributed by atoms with E-state index in [1.807, 2.05) is 0 Å². The van der Waals surface area contributed by atoms with Crippen molar-refractivity contribution in [2.75, 3.05) is 7.11 Å². The van der Waals surface area contributed by atoms with Gasteiger partial charge in [0.25, 0.3) is 5.19 Å². The van der Waals surface area contributed by atoms with Crippen LogP contribution >= 0.6 is 11.3 Å². The summed E-state index contributed by atoms with van der Waals surface area (Å²) in [6.07, 6.45) is 2.56. The van der Waals surface area contributed by atoms with Crippen molar-refractivity contribution in [3.8, 4) is 5.19 Å². The predicted molar refractivity (Wildman–Crippen MR) is 55.5 cm³/mol. The van der Waals surface area contributed by atoms with Gasteiger partial charge in [-0.25, -0.2) is 4.98 Å². The van der Waals surface area contributed by atoms with E-state index >= 15 is 0 Å². The van der Waals surface area contributed by atoms with E-state index in [-0.39, 0.29) is 0 Å². The van der Waals surface area contributed by atoms with E-state index in [1.165, 1.54) is 11.3 Å². The SMILES string of the molecule is COc1ncc(C2(O)CC(C)C2C)s1. The van der Waals surface area contributed by atoms with Crippen LogP contribution in [-0.2, 0) is 5.60 Å². The van der Waals surface area contributed by atoms with E-state index < -0.39 is 5.60 Å². The van der Waals surface area contributed by atoms with Gasteiger partial charge in [0.05, 0.1) is 12.0 Å². The summed E-state index contributed by atoms with van der Waals surface area (Å²) < 4.78 is 5.02. The highest BCUT2D eigenvalue weighted by Gasteiger charge is 2.50. The Morgan fingerprint density at radius 1 is 1.64 bits per heavy atom. The van der Waals surface area contributed by atoms with Gasteiger partial charge in [-0.1, -0.05) is 25.2 Å². The standard InChI is InChI=1S/C10H15NO2S/c1-6-4-10(12,7(6)2)8-5-11-9(13-3)14-8/h5-7,12H,4H2,1-3H3. The van der Waals surface area contributed by atoms with E-state index in [1.54, 1.807) is 13.3 Å². The summed E-state index contributed by atoms with van der Waals surface area (Å²) in [6, 6.07) is 0. The number of methoxy groups -OCH3 is 1. The van der Waals surface area contributed by atoms with Crippen molar-refractivity contribution in [3.63, 3.8) is 0 Å². The zero-order chi connectivity index (χ0) is 10.3. The molecule has 1 aromatic rings. The molecule has 1 saturated carbocycles. The van der Waals surface area contributed by atoms with Crippen molar-refractivity contribution in [2.24, 2.45) is 11.8 Å². The molecule has 0 aliphatic heterocycles.